The molecule has 1 atom stereocenters. The van der Waals surface area contributed by atoms with Crippen LogP contribution in [0.15, 0.2) is 30.3 Å². The maximum atomic E-state index is 6.14. The summed E-state index contributed by atoms with van der Waals surface area (Å²) < 4.78 is 0. The number of hydrogen-bond donors (Lipinski definition) is 0. The van der Waals surface area contributed by atoms with Crippen molar-refractivity contribution in [2.24, 2.45) is 0 Å². The molecular weight excluding hydrogens is 194 g/mol. The van der Waals surface area contributed by atoms with Crippen molar-refractivity contribution in [1.29, 1.82) is 0 Å². The zero-order valence-electron chi connectivity index (χ0n) is 8.32. The van der Waals surface area contributed by atoms with Crippen molar-refractivity contribution in [1.82, 2.24) is 4.90 Å². The molecule has 1 unspecified atom stereocenters. The van der Waals surface area contributed by atoms with Crippen molar-refractivity contribution in [3.8, 4) is 0 Å². The molecule has 0 spiro atoms. The van der Waals surface area contributed by atoms with Crippen LogP contribution < -0.4 is 0 Å². The highest BCUT2D eigenvalue weighted by atomic mass is 35.5. The third kappa shape index (κ3) is 2.73. The van der Waals surface area contributed by atoms with Gasteiger partial charge in [-0.2, -0.15) is 0 Å². The summed E-state index contributed by atoms with van der Waals surface area (Å²) in [5, 5.41) is 0.354. The molecule has 0 aromatic heterocycles. The van der Waals surface area contributed by atoms with Gasteiger partial charge in [-0.1, -0.05) is 30.3 Å². The fourth-order valence-corrected chi connectivity index (χ4v) is 2.33. The van der Waals surface area contributed by atoms with Gasteiger partial charge in [-0.15, -0.1) is 11.6 Å². The average Bonchev–Trinajstić information content (AvgIpc) is 2.19. The van der Waals surface area contributed by atoms with Crippen LogP contribution in [-0.4, -0.2) is 23.4 Å². The standard InChI is InChI=1S/C12H16ClN/c13-12-7-4-8-14(10-12)9-11-5-2-1-3-6-11/h1-3,5-6,12H,4,7-10H2. The highest BCUT2D eigenvalue weighted by Crippen LogP contribution is 2.17. The van der Waals surface area contributed by atoms with Crippen LogP contribution in [0, 0.1) is 0 Å². The lowest BCUT2D eigenvalue weighted by atomic mass is 10.1. The van der Waals surface area contributed by atoms with Crippen LogP contribution in [0.25, 0.3) is 0 Å². The fraction of sp³-hybridized carbons (Fsp3) is 0.500. The predicted molar refractivity (Wildman–Crippen MR) is 60.6 cm³/mol. The Morgan fingerprint density at radius 2 is 2.07 bits per heavy atom. The zero-order chi connectivity index (χ0) is 9.80. The summed E-state index contributed by atoms with van der Waals surface area (Å²) >= 11 is 6.14. The van der Waals surface area contributed by atoms with Crippen LogP contribution >= 0.6 is 11.6 Å². The van der Waals surface area contributed by atoms with Gasteiger partial charge in [-0.25, -0.2) is 0 Å². The summed E-state index contributed by atoms with van der Waals surface area (Å²) in [5.41, 5.74) is 1.39. The molecule has 0 amide bonds. The van der Waals surface area contributed by atoms with Crippen LogP contribution in [0.5, 0.6) is 0 Å². The monoisotopic (exact) mass is 209 g/mol. The van der Waals surface area contributed by atoms with Crippen LogP contribution in [0.1, 0.15) is 18.4 Å². The van der Waals surface area contributed by atoms with E-state index < -0.39 is 0 Å². The molecule has 0 saturated carbocycles. The average molecular weight is 210 g/mol. The zero-order valence-corrected chi connectivity index (χ0v) is 9.08. The number of halogens is 1. The van der Waals surface area contributed by atoms with Crippen LogP contribution in [0.4, 0.5) is 0 Å². The quantitative estimate of drug-likeness (QED) is 0.678. The SMILES string of the molecule is ClC1CCCN(Cc2ccccc2)C1. The summed E-state index contributed by atoms with van der Waals surface area (Å²) in [6.45, 7) is 3.28. The summed E-state index contributed by atoms with van der Waals surface area (Å²) in [4.78, 5) is 2.44. The molecular formula is C12H16ClN. The minimum atomic E-state index is 0.354. The second-order valence-electron chi connectivity index (χ2n) is 3.96. The van der Waals surface area contributed by atoms with E-state index in [-0.39, 0.29) is 0 Å². The van der Waals surface area contributed by atoms with Gasteiger partial charge in [0, 0.05) is 18.5 Å². The number of likely N-dealkylation sites (tertiary alicyclic amines) is 1. The number of nitrogens with zero attached hydrogens (tertiary/aromatic N) is 1. The van der Waals surface area contributed by atoms with Crippen LogP contribution in [0.2, 0.25) is 0 Å². The van der Waals surface area contributed by atoms with E-state index in [0.717, 1.165) is 13.1 Å². The Labute approximate surface area is 90.7 Å². The van der Waals surface area contributed by atoms with E-state index in [9.17, 15) is 0 Å². The second-order valence-corrected chi connectivity index (χ2v) is 4.58. The van der Waals surface area contributed by atoms with Crippen molar-refractivity contribution in [3.05, 3.63) is 35.9 Å². The molecule has 0 bridgehead atoms. The molecule has 1 nitrogen and oxygen atoms in total. The molecule has 1 saturated heterocycles. The first-order valence-electron chi connectivity index (χ1n) is 5.25. The number of piperidine rings is 1. The number of benzene rings is 1. The van der Waals surface area contributed by atoms with Gasteiger partial charge in [-0.05, 0) is 24.9 Å². The Hall–Kier alpha value is -0.530. The molecule has 0 aliphatic carbocycles. The lowest BCUT2D eigenvalue weighted by molar-refractivity contribution is 0.224. The van der Waals surface area contributed by atoms with Gasteiger partial charge in [0.1, 0.15) is 0 Å². The van der Waals surface area contributed by atoms with E-state index in [2.05, 4.69) is 35.2 Å². The van der Waals surface area contributed by atoms with Gasteiger partial charge in [0.15, 0.2) is 0 Å². The summed E-state index contributed by atoms with van der Waals surface area (Å²) in [5.74, 6) is 0. The minimum Gasteiger partial charge on any atom is -0.298 e. The van der Waals surface area contributed by atoms with Gasteiger partial charge >= 0.3 is 0 Å². The molecule has 1 fully saturated rings. The molecule has 2 rings (SSSR count). The van der Waals surface area contributed by atoms with Crippen molar-refractivity contribution < 1.29 is 0 Å². The fourth-order valence-electron chi connectivity index (χ4n) is 1.98. The van der Waals surface area contributed by atoms with Crippen LogP contribution in [0.3, 0.4) is 0 Å². The Morgan fingerprint density at radius 1 is 1.29 bits per heavy atom. The highest BCUT2D eigenvalue weighted by Gasteiger charge is 2.17. The Bertz CT molecular complexity index is 273. The van der Waals surface area contributed by atoms with Crippen LogP contribution in [-0.2, 0) is 6.54 Å². The smallest absolute Gasteiger partial charge is 0.0463 e. The maximum Gasteiger partial charge on any atom is 0.0463 e. The molecule has 0 radical (unpaired) electrons. The molecule has 2 heteroatoms. The largest absolute Gasteiger partial charge is 0.298 e. The third-order valence-corrected chi connectivity index (χ3v) is 3.05. The van der Waals surface area contributed by atoms with Crippen molar-refractivity contribution in [3.63, 3.8) is 0 Å². The molecule has 0 N–H and O–H groups in total. The Balaban J connectivity index is 1.91. The van der Waals surface area contributed by atoms with Crippen molar-refractivity contribution in [2.45, 2.75) is 24.8 Å². The van der Waals surface area contributed by atoms with E-state index >= 15 is 0 Å². The first-order chi connectivity index (χ1) is 6.84. The molecule has 1 aliphatic heterocycles. The van der Waals surface area contributed by atoms with Crippen molar-refractivity contribution >= 4 is 11.6 Å². The van der Waals surface area contributed by atoms with Gasteiger partial charge < -0.3 is 0 Å². The summed E-state index contributed by atoms with van der Waals surface area (Å²) in [7, 11) is 0. The summed E-state index contributed by atoms with van der Waals surface area (Å²) in [6.07, 6.45) is 2.41. The summed E-state index contributed by atoms with van der Waals surface area (Å²) in [6, 6.07) is 10.6. The Morgan fingerprint density at radius 3 is 2.79 bits per heavy atom. The molecule has 14 heavy (non-hydrogen) atoms. The normalized spacial score (nSPS) is 23.6. The molecule has 1 aliphatic rings. The first-order valence-corrected chi connectivity index (χ1v) is 5.68. The molecule has 1 aromatic carbocycles. The van der Waals surface area contributed by atoms with E-state index in [1.165, 1.54) is 24.9 Å². The number of hydrogen-bond acceptors (Lipinski definition) is 1. The first kappa shape index (κ1) is 10.0. The molecule has 1 heterocycles. The van der Waals surface area contributed by atoms with Gasteiger partial charge in [0.2, 0.25) is 0 Å². The van der Waals surface area contributed by atoms with Gasteiger partial charge in [-0.3, -0.25) is 4.90 Å². The van der Waals surface area contributed by atoms with E-state index in [4.69, 9.17) is 11.6 Å². The molecule has 1 aromatic rings. The lowest BCUT2D eigenvalue weighted by Gasteiger charge is -2.29. The van der Waals surface area contributed by atoms with E-state index in [1.54, 1.807) is 0 Å². The molecule has 76 valence electrons. The van der Waals surface area contributed by atoms with Gasteiger partial charge in [0.25, 0.3) is 0 Å². The Kier molecular flexibility index (Phi) is 3.44. The van der Waals surface area contributed by atoms with E-state index in [0.29, 0.717) is 5.38 Å². The topological polar surface area (TPSA) is 3.24 Å². The van der Waals surface area contributed by atoms with Gasteiger partial charge in [0.05, 0.1) is 0 Å². The lowest BCUT2D eigenvalue weighted by Crippen LogP contribution is -2.35. The van der Waals surface area contributed by atoms with E-state index in [1.807, 2.05) is 0 Å². The highest BCUT2D eigenvalue weighted by molar-refractivity contribution is 6.20. The predicted octanol–water partition coefficient (Wildman–Crippen LogP) is 2.89. The number of alkyl halides is 1. The van der Waals surface area contributed by atoms with Crippen molar-refractivity contribution in [2.75, 3.05) is 13.1 Å². The minimum absolute atomic E-state index is 0.354. The maximum absolute atomic E-state index is 6.14. The third-order valence-electron chi connectivity index (χ3n) is 2.70. The number of rotatable bonds is 2. The second kappa shape index (κ2) is 4.81.